The summed E-state index contributed by atoms with van der Waals surface area (Å²) >= 11 is 0. The van der Waals surface area contributed by atoms with Crippen LogP contribution in [0.15, 0.2) is 9.98 Å². The van der Waals surface area contributed by atoms with Crippen LogP contribution in [-0.4, -0.2) is 25.0 Å². The first kappa shape index (κ1) is 7.81. The average Bonchev–Trinajstić information content (AvgIpc) is 1.80. The van der Waals surface area contributed by atoms with Crippen molar-refractivity contribution < 1.29 is 4.79 Å². The van der Waals surface area contributed by atoms with E-state index in [2.05, 4.69) is 9.98 Å². The summed E-state index contributed by atoms with van der Waals surface area (Å²) in [6, 6.07) is 0. The zero-order valence-electron chi connectivity index (χ0n) is 5.24. The van der Waals surface area contributed by atoms with Gasteiger partial charge in [-0.25, -0.2) is 4.99 Å². The molecular weight excluding hydrogens is 118 g/mol. The number of nitrogens with zero attached hydrogens (tertiary/aromatic N) is 2. The molecule has 0 spiro atoms. The minimum atomic E-state index is -0.558. The normalized spacial score (nSPS) is 11.2. The Hall–Kier alpha value is -1.19. The van der Waals surface area contributed by atoms with Gasteiger partial charge in [0, 0.05) is 6.54 Å². The molecule has 4 nitrogen and oxygen atoms in total. The summed E-state index contributed by atoms with van der Waals surface area (Å²) in [5.41, 5.74) is 4.72. The first-order valence-corrected chi connectivity index (χ1v) is 2.58. The van der Waals surface area contributed by atoms with E-state index in [0.717, 1.165) is 6.21 Å². The van der Waals surface area contributed by atoms with E-state index in [1.54, 1.807) is 0 Å². The fraction of sp³-hybridized carbons (Fsp3) is 0.400. The zero-order chi connectivity index (χ0) is 7.11. The van der Waals surface area contributed by atoms with Crippen molar-refractivity contribution in [3.8, 4) is 0 Å². The molecule has 0 atom stereocenters. The molecule has 0 saturated heterocycles. The molecule has 0 aliphatic rings. The minimum Gasteiger partial charge on any atom is -0.365 e. The number of primary amides is 1. The summed E-state index contributed by atoms with van der Waals surface area (Å²) in [6.45, 7) is 2.53. The standard InChI is InChI=1S/C5H9N3O/c1-2-7-4-8-3-5(6)9/h3-4H,2H2,1H3,(H2,6,9). The lowest BCUT2D eigenvalue weighted by Crippen LogP contribution is -2.11. The first-order valence-electron chi connectivity index (χ1n) is 2.58. The van der Waals surface area contributed by atoms with Gasteiger partial charge >= 0.3 is 0 Å². The van der Waals surface area contributed by atoms with Gasteiger partial charge in [-0.15, -0.1) is 0 Å². The molecule has 50 valence electrons. The second-order valence-electron chi connectivity index (χ2n) is 1.29. The fourth-order valence-electron chi connectivity index (χ4n) is 0.236. The smallest absolute Gasteiger partial charge is 0.259 e. The molecule has 0 rings (SSSR count). The van der Waals surface area contributed by atoms with Crippen LogP contribution in [0, 0.1) is 0 Å². The van der Waals surface area contributed by atoms with E-state index in [4.69, 9.17) is 5.73 Å². The number of carbonyl (C=O) groups excluding carboxylic acids is 1. The predicted molar refractivity (Wildman–Crippen MR) is 36.7 cm³/mol. The summed E-state index contributed by atoms with van der Waals surface area (Å²) in [5, 5.41) is 0. The highest BCUT2D eigenvalue weighted by Crippen LogP contribution is 1.63. The van der Waals surface area contributed by atoms with Crippen LogP contribution in [0.5, 0.6) is 0 Å². The van der Waals surface area contributed by atoms with Crippen LogP contribution >= 0.6 is 0 Å². The Labute approximate surface area is 53.5 Å². The van der Waals surface area contributed by atoms with Gasteiger partial charge in [0.15, 0.2) is 0 Å². The molecule has 0 heterocycles. The third-order valence-electron chi connectivity index (χ3n) is 0.533. The molecule has 0 bridgehead atoms. The Morgan fingerprint density at radius 2 is 2.44 bits per heavy atom. The zero-order valence-corrected chi connectivity index (χ0v) is 5.24. The largest absolute Gasteiger partial charge is 0.365 e. The maximum atomic E-state index is 9.97. The Bertz CT molecular complexity index is 139. The highest BCUT2D eigenvalue weighted by Gasteiger charge is 1.77. The van der Waals surface area contributed by atoms with Gasteiger partial charge in [0.1, 0.15) is 6.34 Å². The number of amides is 1. The number of carbonyl (C=O) groups is 1. The summed E-state index contributed by atoms with van der Waals surface area (Å²) < 4.78 is 0. The maximum absolute atomic E-state index is 9.97. The van der Waals surface area contributed by atoms with Gasteiger partial charge in [0.25, 0.3) is 5.91 Å². The molecule has 9 heavy (non-hydrogen) atoms. The predicted octanol–water partition coefficient (Wildman–Crippen LogP) is -0.409. The second kappa shape index (κ2) is 4.96. The van der Waals surface area contributed by atoms with E-state index in [1.807, 2.05) is 6.92 Å². The topological polar surface area (TPSA) is 67.8 Å². The number of nitrogens with two attached hydrogens (primary N) is 1. The molecule has 0 aromatic heterocycles. The number of rotatable bonds is 3. The van der Waals surface area contributed by atoms with Gasteiger partial charge in [-0.3, -0.25) is 9.79 Å². The van der Waals surface area contributed by atoms with Gasteiger partial charge in [-0.05, 0) is 6.92 Å². The Morgan fingerprint density at radius 1 is 1.78 bits per heavy atom. The van der Waals surface area contributed by atoms with Gasteiger partial charge < -0.3 is 5.73 Å². The monoisotopic (exact) mass is 127 g/mol. The molecule has 1 amide bonds. The van der Waals surface area contributed by atoms with E-state index in [9.17, 15) is 4.79 Å². The third-order valence-corrected chi connectivity index (χ3v) is 0.533. The molecule has 0 aliphatic heterocycles. The second-order valence-corrected chi connectivity index (χ2v) is 1.29. The summed E-state index contributed by atoms with van der Waals surface area (Å²) in [7, 11) is 0. The third kappa shape index (κ3) is 6.81. The number of hydrogen-bond acceptors (Lipinski definition) is 2. The quantitative estimate of drug-likeness (QED) is 0.406. The van der Waals surface area contributed by atoms with Crippen molar-refractivity contribution in [2.75, 3.05) is 6.54 Å². The van der Waals surface area contributed by atoms with E-state index < -0.39 is 5.91 Å². The van der Waals surface area contributed by atoms with Crippen molar-refractivity contribution >= 4 is 18.5 Å². The lowest BCUT2D eigenvalue weighted by molar-refractivity contribution is -0.111. The number of aliphatic imine (C=N–C) groups is 2. The van der Waals surface area contributed by atoms with Gasteiger partial charge in [-0.1, -0.05) is 0 Å². The van der Waals surface area contributed by atoms with Crippen molar-refractivity contribution in [2.24, 2.45) is 15.7 Å². The van der Waals surface area contributed by atoms with Crippen LogP contribution in [0.2, 0.25) is 0 Å². The molecule has 0 radical (unpaired) electrons. The SMILES string of the molecule is CCN=CN=CC(N)=O. The minimum absolute atomic E-state index is 0.558. The highest BCUT2D eigenvalue weighted by molar-refractivity contribution is 6.26. The lowest BCUT2D eigenvalue weighted by Gasteiger charge is -1.76. The molecule has 0 aliphatic carbocycles. The van der Waals surface area contributed by atoms with Crippen LogP contribution in [-0.2, 0) is 4.79 Å². The molecule has 0 aromatic carbocycles. The molecule has 0 aromatic rings. The molecule has 0 saturated carbocycles. The van der Waals surface area contributed by atoms with Crippen molar-refractivity contribution in [1.82, 2.24) is 0 Å². The van der Waals surface area contributed by atoms with Crippen LogP contribution in [0.25, 0.3) is 0 Å². The summed E-state index contributed by atoms with van der Waals surface area (Å²) in [5.74, 6) is -0.558. The van der Waals surface area contributed by atoms with Crippen molar-refractivity contribution in [3.05, 3.63) is 0 Å². The van der Waals surface area contributed by atoms with Crippen molar-refractivity contribution in [2.45, 2.75) is 6.92 Å². The average molecular weight is 127 g/mol. The Balaban J connectivity index is 3.47. The Kier molecular flexibility index (Phi) is 4.30. The van der Waals surface area contributed by atoms with Gasteiger partial charge in [0.2, 0.25) is 0 Å². The maximum Gasteiger partial charge on any atom is 0.259 e. The van der Waals surface area contributed by atoms with Crippen molar-refractivity contribution in [1.29, 1.82) is 0 Å². The molecule has 4 heteroatoms. The van der Waals surface area contributed by atoms with E-state index in [-0.39, 0.29) is 0 Å². The van der Waals surface area contributed by atoms with Crippen LogP contribution in [0.4, 0.5) is 0 Å². The summed E-state index contributed by atoms with van der Waals surface area (Å²) in [6.07, 6.45) is 2.31. The van der Waals surface area contributed by atoms with Crippen LogP contribution in [0.3, 0.4) is 0 Å². The highest BCUT2D eigenvalue weighted by atomic mass is 16.1. The number of hydrogen-bond donors (Lipinski definition) is 1. The first-order chi connectivity index (χ1) is 4.27. The molecule has 2 N–H and O–H groups in total. The van der Waals surface area contributed by atoms with E-state index >= 15 is 0 Å². The lowest BCUT2D eigenvalue weighted by atomic mass is 10.7. The molecular formula is C5H9N3O. The van der Waals surface area contributed by atoms with Gasteiger partial charge in [-0.2, -0.15) is 0 Å². The van der Waals surface area contributed by atoms with Crippen molar-refractivity contribution in [3.63, 3.8) is 0 Å². The van der Waals surface area contributed by atoms with Crippen LogP contribution < -0.4 is 5.73 Å². The molecule has 0 fully saturated rings. The Morgan fingerprint density at radius 3 is 2.89 bits per heavy atom. The van der Waals surface area contributed by atoms with Gasteiger partial charge in [0.05, 0.1) is 6.21 Å². The van der Waals surface area contributed by atoms with E-state index in [1.165, 1.54) is 6.34 Å². The van der Waals surface area contributed by atoms with Crippen LogP contribution in [0.1, 0.15) is 6.92 Å². The fourth-order valence-corrected chi connectivity index (χ4v) is 0.236. The van der Waals surface area contributed by atoms with E-state index in [0.29, 0.717) is 6.54 Å². The summed E-state index contributed by atoms with van der Waals surface area (Å²) in [4.78, 5) is 17.2. The molecule has 0 unspecified atom stereocenters.